The number of benzene rings is 1. The zero-order chi connectivity index (χ0) is 17.4. The predicted octanol–water partition coefficient (Wildman–Crippen LogP) is 1.94. The van der Waals surface area contributed by atoms with Crippen molar-refractivity contribution in [3.63, 3.8) is 0 Å². The fraction of sp³-hybridized carbons (Fsp3) is 0.632. The van der Waals surface area contributed by atoms with Gasteiger partial charge in [-0.15, -0.1) is 0 Å². The van der Waals surface area contributed by atoms with E-state index >= 15 is 0 Å². The van der Waals surface area contributed by atoms with Crippen LogP contribution in [0.5, 0.6) is 0 Å². The minimum Gasteiger partial charge on any atom is -0.369 e. The number of halogens is 1. The van der Waals surface area contributed by atoms with Crippen LogP contribution in [0.1, 0.15) is 25.7 Å². The van der Waals surface area contributed by atoms with E-state index in [1.165, 1.54) is 12.1 Å². The van der Waals surface area contributed by atoms with Crippen LogP contribution in [0.4, 0.5) is 5.69 Å². The number of carbonyl (C=O) groups excluding carboxylic acids is 1. The van der Waals surface area contributed by atoms with Gasteiger partial charge in [-0.3, -0.25) is 9.69 Å². The molecular weight excluding hydrogens is 336 g/mol. The highest BCUT2D eigenvalue weighted by Gasteiger charge is 2.49. The lowest BCUT2D eigenvalue weighted by atomic mass is 10.0. The summed E-state index contributed by atoms with van der Waals surface area (Å²) in [5.41, 5.74) is 6.78. The summed E-state index contributed by atoms with van der Waals surface area (Å²) < 4.78 is 0. The van der Waals surface area contributed by atoms with Gasteiger partial charge < -0.3 is 15.5 Å². The number of nitrogens with two attached hydrogens (primary N) is 1. The van der Waals surface area contributed by atoms with E-state index in [-0.39, 0.29) is 5.91 Å². The van der Waals surface area contributed by atoms with E-state index < -0.39 is 5.54 Å². The van der Waals surface area contributed by atoms with Gasteiger partial charge in [0.05, 0.1) is 5.54 Å². The van der Waals surface area contributed by atoms with E-state index in [9.17, 15) is 4.79 Å². The van der Waals surface area contributed by atoms with Crippen molar-refractivity contribution in [1.82, 2.24) is 9.80 Å². The molecule has 0 radical (unpaired) electrons. The number of piperazine rings is 1. The van der Waals surface area contributed by atoms with Crippen molar-refractivity contribution in [2.45, 2.75) is 37.3 Å². The number of rotatable bonds is 3. The number of nitrogens with zero attached hydrogens (tertiary/aromatic N) is 3. The van der Waals surface area contributed by atoms with Gasteiger partial charge in [0, 0.05) is 56.0 Å². The lowest BCUT2D eigenvalue weighted by Crippen LogP contribution is -2.58. The number of carbonyl (C=O) groups is 1. The molecule has 0 bridgehead atoms. The average Bonchev–Trinajstić information content (AvgIpc) is 3.40. The summed E-state index contributed by atoms with van der Waals surface area (Å²) in [6.07, 6.45) is 3.97. The van der Waals surface area contributed by atoms with Crippen molar-refractivity contribution >= 4 is 23.2 Å². The summed E-state index contributed by atoms with van der Waals surface area (Å²) in [6, 6.07) is 8.56. The van der Waals surface area contributed by atoms with Crippen LogP contribution in [0.25, 0.3) is 0 Å². The molecule has 2 heterocycles. The van der Waals surface area contributed by atoms with Gasteiger partial charge in [-0.05, 0) is 43.9 Å². The van der Waals surface area contributed by atoms with Gasteiger partial charge in [-0.2, -0.15) is 0 Å². The van der Waals surface area contributed by atoms with Gasteiger partial charge in [-0.1, -0.05) is 17.7 Å². The zero-order valence-electron chi connectivity index (χ0n) is 14.7. The van der Waals surface area contributed by atoms with E-state index in [1.54, 1.807) is 0 Å². The van der Waals surface area contributed by atoms with E-state index in [2.05, 4.69) is 15.9 Å². The molecule has 4 rings (SSSR count). The second-order valence-corrected chi connectivity index (χ2v) is 8.14. The van der Waals surface area contributed by atoms with Gasteiger partial charge >= 0.3 is 0 Å². The van der Waals surface area contributed by atoms with Crippen LogP contribution in [0.2, 0.25) is 5.02 Å². The molecule has 0 spiro atoms. The highest BCUT2D eigenvalue weighted by Crippen LogP contribution is 2.35. The van der Waals surface area contributed by atoms with Gasteiger partial charge in [0.15, 0.2) is 0 Å². The van der Waals surface area contributed by atoms with Crippen molar-refractivity contribution < 1.29 is 4.79 Å². The van der Waals surface area contributed by atoms with Crippen molar-refractivity contribution in [2.75, 3.05) is 44.2 Å². The number of hydrogen-bond acceptors (Lipinski definition) is 4. The van der Waals surface area contributed by atoms with Crippen LogP contribution in [0.15, 0.2) is 24.3 Å². The van der Waals surface area contributed by atoms with E-state index in [4.69, 9.17) is 17.3 Å². The molecule has 0 aromatic heterocycles. The second kappa shape index (κ2) is 6.78. The summed E-state index contributed by atoms with van der Waals surface area (Å²) in [7, 11) is 0. The minimum atomic E-state index is -0.535. The molecule has 6 heteroatoms. The number of likely N-dealkylation sites (tertiary alicyclic amines) is 1. The summed E-state index contributed by atoms with van der Waals surface area (Å²) in [5, 5.41) is 0.789. The Hall–Kier alpha value is -1.30. The normalized spacial score (nSPS) is 26.6. The molecule has 25 heavy (non-hydrogen) atoms. The third-order valence-electron chi connectivity index (χ3n) is 5.90. The maximum absolute atomic E-state index is 12.5. The van der Waals surface area contributed by atoms with Crippen LogP contribution >= 0.6 is 11.6 Å². The molecule has 3 aliphatic rings. The van der Waals surface area contributed by atoms with E-state index in [1.807, 2.05) is 23.1 Å². The Morgan fingerprint density at radius 2 is 1.92 bits per heavy atom. The molecule has 0 unspecified atom stereocenters. The molecule has 1 atom stereocenters. The Balaban J connectivity index is 1.33. The monoisotopic (exact) mass is 362 g/mol. The molecule has 1 aromatic carbocycles. The van der Waals surface area contributed by atoms with Crippen molar-refractivity contribution in [3.05, 3.63) is 29.3 Å². The van der Waals surface area contributed by atoms with Gasteiger partial charge in [0.1, 0.15) is 0 Å². The molecule has 2 N–H and O–H groups in total. The molecule has 1 amide bonds. The highest BCUT2D eigenvalue weighted by molar-refractivity contribution is 6.30. The standard InChI is InChI=1S/C19H27ClN4O/c20-15-3-1-4-16(13-15)22-9-11-23(12-10-22)17-5-2-8-24(14-17)18(25)19(21)6-7-19/h1,3-4,13,17H,2,5-12,14,21H2/t17-/m1/s1. The Bertz CT molecular complexity index is 640. The highest BCUT2D eigenvalue weighted by atomic mass is 35.5. The molecule has 2 saturated heterocycles. The predicted molar refractivity (Wildman–Crippen MR) is 101 cm³/mol. The zero-order valence-corrected chi connectivity index (χ0v) is 15.4. The molecule has 5 nitrogen and oxygen atoms in total. The first kappa shape index (κ1) is 17.1. The average molecular weight is 363 g/mol. The molecule has 1 aromatic rings. The minimum absolute atomic E-state index is 0.176. The van der Waals surface area contributed by atoms with E-state index in [0.29, 0.717) is 6.04 Å². The first-order chi connectivity index (χ1) is 12.0. The van der Waals surface area contributed by atoms with Crippen LogP contribution in [0.3, 0.4) is 0 Å². The van der Waals surface area contributed by atoms with Crippen molar-refractivity contribution in [1.29, 1.82) is 0 Å². The Morgan fingerprint density at radius 3 is 2.60 bits per heavy atom. The molecule has 3 fully saturated rings. The Labute approximate surface area is 154 Å². The first-order valence-electron chi connectivity index (χ1n) is 9.38. The maximum atomic E-state index is 12.5. The van der Waals surface area contributed by atoms with Crippen LogP contribution in [0, 0.1) is 0 Å². The van der Waals surface area contributed by atoms with Crippen molar-refractivity contribution in [3.8, 4) is 0 Å². The number of amides is 1. The third kappa shape index (κ3) is 3.64. The maximum Gasteiger partial charge on any atom is 0.242 e. The second-order valence-electron chi connectivity index (χ2n) is 7.71. The van der Waals surface area contributed by atoms with Crippen LogP contribution in [-0.4, -0.2) is 66.6 Å². The topological polar surface area (TPSA) is 52.8 Å². The smallest absolute Gasteiger partial charge is 0.242 e. The van der Waals surface area contributed by atoms with Crippen LogP contribution in [-0.2, 0) is 4.79 Å². The SMILES string of the molecule is NC1(C(=O)N2CCC[C@@H](N3CCN(c4cccc(Cl)c4)CC3)C2)CC1. The number of hydrogen-bond donors (Lipinski definition) is 1. The fourth-order valence-electron chi connectivity index (χ4n) is 4.12. The van der Waals surface area contributed by atoms with E-state index in [0.717, 1.165) is 63.6 Å². The number of piperidine rings is 1. The first-order valence-corrected chi connectivity index (χ1v) is 9.76. The van der Waals surface area contributed by atoms with Crippen molar-refractivity contribution in [2.24, 2.45) is 5.73 Å². The van der Waals surface area contributed by atoms with Gasteiger partial charge in [-0.25, -0.2) is 0 Å². The molecule has 136 valence electrons. The largest absolute Gasteiger partial charge is 0.369 e. The summed E-state index contributed by atoms with van der Waals surface area (Å²) >= 11 is 6.12. The quantitative estimate of drug-likeness (QED) is 0.892. The molecule has 2 aliphatic heterocycles. The summed E-state index contributed by atoms with van der Waals surface area (Å²) in [5.74, 6) is 0.176. The Morgan fingerprint density at radius 1 is 1.16 bits per heavy atom. The third-order valence-corrected chi connectivity index (χ3v) is 6.14. The van der Waals surface area contributed by atoms with Gasteiger partial charge in [0.2, 0.25) is 5.91 Å². The Kier molecular flexibility index (Phi) is 4.65. The van der Waals surface area contributed by atoms with Gasteiger partial charge in [0.25, 0.3) is 0 Å². The molecule has 1 saturated carbocycles. The summed E-state index contributed by atoms with van der Waals surface area (Å²) in [4.78, 5) is 19.5. The fourth-order valence-corrected chi connectivity index (χ4v) is 4.30. The van der Waals surface area contributed by atoms with Crippen LogP contribution < -0.4 is 10.6 Å². The lowest BCUT2D eigenvalue weighted by Gasteiger charge is -2.44. The lowest BCUT2D eigenvalue weighted by molar-refractivity contribution is -0.135. The summed E-state index contributed by atoms with van der Waals surface area (Å²) in [6.45, 7) is 5.79. The molecule has 1 aliphatic carbocycles. The molecular formula is C19H27ClN4O. The number of anilines is 1.